The average Bonchev–Trinajstić information content (AvgIpc) is 2.33. The second kappa shape index (κ2) is 11.2. The molecule has 0 spiro atoms. The minimum Gasteiger partial charge on any atom is -0.375 e. The van der Waals surface area contributed by atoms with Crippen LogP contribution in [0.15, 0.2) is 0 Å². The molecule has 0 rings (SSSR count). The van der Waals surface area contributed by atoms with Gasteiger partial charge in [0.15, 0.2) is 0 Å². The summed E-state index contributed by atoms with van der Waals surface area (Å²) in [6.07, 6.45) is 14.0. The van der Waals surface area contributed by atoms with E-state index in [0.717, 1.165) is 26.1 Å². The Hall–Kier alpha value is 0.620. The van der Waals surface area contributed by atoms with Crippen LogP contribution in [0.3, 0.4) is 0 Å². The van der Waals surface area contributed by atoms with Gasteiger partial charge in [0, 0.05) is 6.61 Å². The van der Waals surface area contributed by atoms with Crippen LogP contribution in [0.2, 0.25) is 0 Å². The Balaban J connectivity index is 3.85. The van der Waals surface area contributed by atoms with Crippen LogP contribution in [-0.4, -0.2) is 60.9 Å². The predicted molar refractivity (Wildman–Crippen MR) is 110 cm³/mol. The molecule has 0 aliphatic carbocycles. The molecule has 0 atom stereocenters. The zero-order valence-corrected chi connectivity index (χ0v) is 18.2. The Kier molecular flexibility index (Phi) is 11.5. The second-order valence-corrected chi connectivity index (χ2v) is 13.2. The molecule has 0 amide bonds. The smallest absolute Gasteiger partial charge is 0.0648 e. The van der Waals surface area contributed by atoms with Crippen molar-refractivity contribution in [3.8, 4) is 0 Å². The fourth-order valence-corrected chi connectivity index (χ4v) is 3.82. The van der Waals surface area contributed by atoms with Gasteiger partial charge in [-0.2, -0.15) is 0 Å². The van der Waals surface area contributed by atoms with Crippen LogP contribution in [0.1, 0.15) is 53.4 Å². The lowest BCUT2D eigenvalue weighted by atomic mass is 10.0. The third-order valence-electron chi connectivity index (χ3n) is 3.82. The van der Waals surface area contributed by atoms with E-state index in [0.29, 0.717) is 0 Å². The molecule has 0 bridgehead atoms. The van der Waals surface area contributed by atoms with Gasteiger partial charge in [-0.15, -0.1) is 0 Å². The van der Waals surface area contributed by atoms with Gasteiger partial charge in [0.2, 0.25) is 0 Å². The minimum absolute atomic E-state index is 0.00167. The zero-order valence-electron chi connectivity index (χ0n) is 16.4. The highest BCUT2D eigenvalue weighted by Crippen LogP contribution is 2.24. The maximum Gasteiger partial charge on any atom is 0.0648 e. The largest absolute Gasteiger partial charge is 0.375 e. The Labute approximate surface area is 145 Å². The Bertz CT molecular complexity index is 276. The molecule has 0 aliphatic rings. The normalized spacial score (nSPS) is 14.2. The summed E-state index contributed by atoms with van der Waals surface area (Å²) in [5.41, 5.74) is -0.0663. The van der Waals surface area contributed by atoms with Crippen LogP contribution < -0.4 is 0 Å². The molecule has 0 aromatic heterocycles. The molecule has 2 nitrogen and oxygen atoms in total. The summed E-state index contributed by atoms with van der Waals surface area (Å²) in [5, 5.41) is 0. The van der Waals surface area contributed by atoms with Crippen molar-refractivity contribution >= 4 is 21.8 Å². The van der Waals surface area contributed by atoms with E-state index in [-0.39, 0.29) is 33.0 Å². The second-order valence-electron chi connectivity index (χ2n) is 8.03. The third kappa shape index (κ3) is 14.2. The fourth-order valence-electron chi connectivity index (χ4n) is 2.27. The summed E-state index contributed by atoms with van der Waals surface area (Å²) < 4.78 is 12.2. The van der Waals surface area contributed by atoms with Gasteiger partial charge in [-0.3, -0.25) is 21.8 Å². The first-order valence-corrected chi connectivity index (χ1v) is 13.5. The van der Waals surface area contributed by atoms with Gasteiger partial charge in [0.05, 0.1) is 17.8 Å². The van der Waals surface area contributed by atoms with Crippen LogP contribution in [0.5, 0.6) is 0 Å². The van der Waals surface area contributed by atoms with Gasteiger partial charge in [0.25, 0.3) is 0 Å². The molecule has 0 heterocycles. The summed E-state index contributed by atoms with van der Waals surface area (Å²) >= 11 is 0. The summed E-state index contributed by atoms with van der Waals surface area (Å²) in [5.74, 6) is 2.67. The molecule has 0 saturated carbocycles. The SMILES string of the molecule is C[SH](C)CCCOC(C)(C)CCOC(C)(C)CCC[SH](C)C. The van der Waals surface area contributed by atoms with Crippen LogP contribution in [0, 0.1) is 0 Å². The summed E-state index contributed by atoms with van der Waals surface area (Å²) in [6.45, 7) is 10.5. The van der Waals surface area contributed by atoms with Crippen molar-refractivity contribution in [2.24, 2.45) is 0 Å². The van der Waals surface area contributed by atoms with Gasteiger partial charge in [0.1, 0.15) is 0 Å². The molecular formula is C18H42O2S2. The molecule has 4 heteroatoms. The number of hydrogen-bond acceptors (Lipinski definition) is 2. The predicted octanol–water partition coefficient (Wildman–Crippen LogP) is 4.66. The Morgan fingerprint density at radius 2 is 1.09 bits per heavy atom. The zero-order chi connectivity index (χ0) is 17.2. The molecule has 0 radical (unpaired) electrons. The molecule has 0 aliphatic heterocycles. The summed E-state index contributed by atoms with van der Waals surface area (Å²) in [4.78, 5) is 0. The van der Waals surface area contributed by atoms with Crippen molar-refractivity contribution in [1.29, 1.82) is 0 Å². The third-order valence-corrected chi connectivity index (χ3v) is 6.24. The number of thiol groups is 2. The molecule has 0 fully saturated rings. The first kappa shape index (κ1) is 22.6. The van der Waals surface area contributed by atoms with E-state index in [1.807, 2.05) is 0 Å². The van der Waals surface area contributed by atoms with Crippen LogP contribution >= 0.6 is 21.8 Å². The standard InChI is InChI=1S/C18H42O2S2/c1-17(2,11-9-15-21(5)6)20-14-12-18(3,4)19-13-10-16-22(7)8/h21-22H,9-16H2,1-8H3. The van der Waals surface area contributed by atoms with Crippen molar-refractivity contribution in [2.75, 3.05) is 49.7 Å². The highest BCUT2D eigenvalue weighted by Gasteiger charge is 2.22. The molecule has 0 N–H and O–H groups in total. The highest BCUT2D eigenvalue weighted by molar-refractivity contribution is 8.16. The van der Waals surface area contributed by atoms with E-state index in [9.17, 15) is 0 Å². The van der Waals surface area contributed by atoms with Gasteiger partial charge in [-0.1, -0.05) is 0 Å². The van der Waals surface area contributed by atoms with Crippen molar-refractivity contribution in [3.63, 3.8) is 0 Å². The van der Waals surface area contributed by atoms with E-state index in [1.54, 1.807) is 0 Å². The van der Waals surface area contributed by atoms with Gasteiger partial charge < -0.3 is 9.47 Å². The van der Waals surface area contributed by atoms with Gasteiger partial charge in [-0.05, 0) is 89.9 Å². The van der Waals surface area contributed by atoms with Gasteiger partial charge in [-0.25, -0.2) is 0 Å². The van der Waals surface area contributed by atoms with Crippen LogP contribution in [0.4, 0.5) is 0 Å². The van der Waals surface area contributed by atoms with E-state index in [1.165, 1.54) is 24.3 Å². The number of rotatable bonds is 13. The van der Waals surface area contributed by atoms with Crippen LogP contribution in [-0.2, 0) is 9.47 Å². The van der Waals surface area contributed by atoms with E-state index in [2.05, 4.69) is 52.7 Å². The highest BCUT2D eigenvalue weighted by atomic mass is 32.2. The average molecular weight is 355 g/mol. The summed E-state index contributed by atoms with van der Waals surface area (Å²) in [6, 6.07) is 0. The first-order valence-electron chi connectivity index (χ1n) is 8.61. The quantitative estimate of drug-likeness (QED) is 0.370. The Morgan fingerprint density at radius 3 is 1.64 bits per heavy atom. The lowest BCUT2D eigenvalue weighted by Crippen LogP contribution is -2.31. The lowest BCUT2D eigenvalue weighted by Gasteiger charge is -2.30. The van der Waals surface area contributed by atoms with Crippen molar-refractivity contribution in [1.82, 2.24) is 0 Å². The van der Waals surface area contributed by atoms with E-state index >= 15 is 0 Å². The maximum absolute atomic E-state index is 6.12. The monoisotopic (exact) mass is 354 g/mol. The fraction of sp³-hybridized carbons (Fsp3) is 1.00. The Morgan fingerprint density at radius 1 is 0.636 bits per heavy atom. The molecule has 0 aromatic carbocycles. The van der Waals surface area contributed by atoms with E-state index in [4.69, 9.17) is 9.47 Å². The molecule has 0 saturated heterocycles. The van der Waals surface area contributed by atoms with Gasteiger partial charge >= 0.3 is 0 Å². The van der Waals surface area contributed by atoms with Crippen molar-refractivity contribution in [2.45, 2.75) is 64.6 Å². The number of ether oxygens (including phenoxy) is 2. The lowest BCUT2D eigenvalue weighted by molar-refractivity contribution is -0.0740. The molecule has 138 valence electrons. The maximum atomic E-state index is 6.12. The topological polar surface area (TPSA) is 18.5 Å². The minimum atomic E-state index is -0.0680. The first-order chi connectivity index (χ1) is 10.0. The summed E-state index contributed by atoms with van der Waals surface area (Å²) in [7, 11) is 0.439. The molecular weight excluding hydrogens is 312 g/mol. The molecule has 22 heavy (non-hydrogen) atoms. The number of hydrogen-bond donors (Lipinski definition) is 2. The molecule has 0 unspecified atom stereocenters. The van der Waals surface area contributed by atoms with Crippen molar-refractivity contribution < 1.29 is 9.47 Å². The van der Waals surface area contributed by atoms with E-state index < -0.39 is 0 Å². The molecule has 0 aromatic rings. The van der Waals surface area contributed by atoms with Crippen LogP contribution in [0.25, 0.3) is 0 Å². The van der Waals surface area contributed by atoms with Crippen molar-refractivity contribution in [3.05, 3.63) is 0 Å².